The Balaban J connectivity index is 1.73. The molecule has 1 N–H and O–H groups in total. The summed E-state index contributed by atoms with van der Waals surface area (Å²) in [5, 5.41) is 5.63. The molecule has 0 fully saturated rings. The van der Waals surface area contributed by atoms with Crippen molar-refractivity contribution in [3.63, 3.8) is 0 Å². The second kappa shape index (κ2) is 6.88. The summed E-state index contributed by atoms with van der Waals surface area (Å²) in [7, 11) is 3.31. The molecule has 0 spiro atoms. The van der Waals surface area contributed by atoms with Gasteiger partial charge in [-0.2, -0.15) is 0 Å². The van der Waals surface area contributed by atoms with Crippen molar-refractivity contribution in [2.45, 2.75) is 6.54 Å². The third kappa shape index (κ3) is 2.88. The van der Waals surface area contributed by atoms with Crippen LogP contribution in [0.2, 0.25) is 0 Å². The zero-order valence-corrected chi connectivity index (χ0v) is 14.7. The summed E-state index contributed by atoms with van der Waals surface area (Å²) >= 11 is 0. The highest BCUT2D eigenvalue weighted by atomic mass is 16.5. The summed E-state index contributed by atoms with van der Waals surface area (Å²) in [6.45, 7) is 0.628. The fraction of sp³-hybridized carbons (Fsp3) is 0.143. The number of fused-ring (bicyclic) bond motifs is 3. The highest BCUT2D eigenvalue weighted by molar-refractivity contribution is 6.08. The van der Waals surface area contributed by atoms with Crippen LogP contribution in [0.15, 0.2) is 60.9 Å². The van der Waals surface area contributed by atoms with Crippen LogP contribution in [-0.2, 0) is 6.54 Å². The topological polar surface area (TPSA) is 56.3 Å². The van der Waals surface area contributed by atoms with Gasteiger partial charge in [-0.05, 0) is 36.4 Å². The summed E-state index contributed by atoms with van der Waals surface area (Å²) in [5.74, 6) is 1.57. The number of hydrogen-bond donors (Lipinski definition) is 1. The van der Waals surface area contributed by atoms with Gasteiger partial charge in [0.1, 0.15) is 11.5 Å². The molecule has 5 heteroatoms. The lowest BCUT2D eigenvalue weighted by Gasteiger charge is -2.14. The van der Waals surface area contributed by atoms with Crippen molar-refractivity contribution in [3.8, 4) is 11.5 Å². The predicted octanol–water partition coefficient (Wildman–Crippen LogP) is 4.41. The molecule has 2 aromatic heterocycles. The Bertz CT molecular complexity index is 1080. The molecule has 130 valence electrons. The van der Waals surface area contributed by atoms with Gasteiger partial charge in [0.25, 0.3) is 0 Å². The van der Waals surface area contributed by atoms with Crippen LogP contribution in [0, 0.1) is 0 Å². The van der Waals surface area contributed by atoms with Crippen LogP contribution in [0.5, 0.6) is 11.5 Å². The fourth-order valence-corrected chi connectivity index (χ4v) is 3.11. The van der Waals surface area contributed by atoms with E-state index >= 15 is 0 Å². The molecule has 0 aliphatic carbocycles. The highest BCUT2D eigenvalue weighted by Gasteiger charge is 2.10. The van der Waals surface area contributed by atoms with Crippen LogP contribution in [0.1, 0.15) is 5.56 Å². The molecule has 0 amide bonds. The Morgan fingerprint density at radius 3 is 2.50 bits per heavy atom. The molecular weight excluding hydrogens is 326 g/mol. The first-order chi connectivity index (χ1) is 12.8. The van der Waals surface area contributed by atoms with Gasteiger partial charge in [-0.25, -0.2) is 0 Å². The lowest BCUT2D eigenvalue weighted by molar-refractivity contribution is 0.391. The van der Waals surface area contributed by atoms with Crippen molar-refractivity contribution >= 4 is 27.5 Å². The van der Waals surface area contributed by atoms with E-state index in [-0.39, 0.29) is 0 Å². The summed E-state index contributed by atoms with van der Waals surface area (Å²) in [6.07, 6.45) is 3.60. The number of aromatic nitrogens is 2. The molecule has 0 saturated heterocycles. The number of rotatable bonds is 5. The van der Waals surface area contributed by atoms with E-state index < -0.39 is 0 Å². The molecule has 0 unspecified atom stereocenters. The number of hydrogen-bond acceptors (Lipinski definition) is 5. The van der Waals surface area contributed by atoms with Gasteiger partial charge in [0, 0.05) is 47.0 Å². The maximum absolute atomic E-state index is 5.49. The third-order valence-corrected chi connectivity index (χ3v) is 4.42. The fourth-order valence-electron chi connectivity index (χ4n) is 3.11. The van der Waals surface area contributed by atoms with Gasteiger partial charge >= 0.3 is 0 Å². The third-order valence-electron chi connectivity index (χ3n) is 4.42. The zero-order chi connectivity index (χ0) is 17.9. The number of methoxy groups -OCH3 is 2. The summed E-state index contributed by atoms with van der Waals surface area (Å²) in [6, 6.07) is 15.9. The standard InChI is InChI=1S/C21H19N3O2/c1-25-16-8-7-15(19(12-16)26-2)13-24-18-11-14-5-3-9-22-20(14)21-17(18)6-4-10-23-21/h3-12,24H,13H2,1-2H3. The van der Waals surface area contributed by atoms with E-state index in [4.69, 9.17) is 9.47 Å². The number of benzene rings is 2. The molecule has 4 aromatic rings. The first-order valence-electron chi connectivity index (χ1n) is 8.37. The average molecular weight is 345 g/mol. The van der Waals surface area contributed by atoms with Crippen LogP contribution in [0.3, 0.4) is 0 Å². The Morgan fingerprint density at radius 2 is 1.69 bits per heavy atom. The van der Waals surface area contributed by atoms with Gasteiger partial charge in [0.15, 0.2) is 0 Å². The molecule has 0 radical (unpaired) electrons. The molecule has 0 saturated carbocycles. The Hall–Kier alpha value is -3.34. The maximum atomic E-state index is 5.49. The largest absolute Gasteiger partial charge is 0.497 e. The minimum Gasteiger partial charge on any atom is -0.497 e. The van der Waals surface area contributed by atoms with Gasteiger partial charge < -0.3 is 14.8 Å². The molecule has 0 aliphatic rings. The first-order valence-corrected chi connectivity index (χ1v) is 8.37. The predicted molar refractivity (Wildman–Crippen MR) is 104 cm³/mol. The lowest BCUT2D eigenvalue weighted by atomic mass is 10.1. The maximum Gasteiger partial charge on any atom is 0.127 e. The zero-order valence-electron chi connectivity index (χ0n) is 14.7. The molecule has 2 aromatic carbocycles. The quantitative estimate of drug-likeness (QED) is 0.543. The Kier molecular flexibility index (Phi) is 4.27. The lowest BCUT2D eigenvalue weighted by Crippen LogP contribution is -2.03. The SMILES string of the molecule is COc1ccc(CNc2cc3cccnc3c3ncccc23)c(OC)c1. The highest BCUT2D eigenvalue weighted by Crippen LogP contribution is 2.31. The molecule has 0 atom stereocenters. The van der Waals surface area contributed by atoms with E-state index in [0.29, 0.717) is 6.54 Å². The van der Waals surface area contributed by atoms with E-state index in [0.717, 1.165) is 44.6 Å². The normalized spacial score (nSPS) is 10.8. The Labute approximate surface area is 151 Å². The van der Waals surface area contributed by atoms with Gasteiger partial charge in [-0.1, -0.05) is 6.07 Å². The minimum absolute atomic E-state index is 0.628. The smallest absolute Gasteiger partial charge is 0.127 e. The Morgan fingerprint density at radius 1 is 0.885 bits per heavy atom. The van der Waals surface area contributed by atoms with E-state index in [1.807, 2.05) is 30.3 Å². The van der Waals surface area contributed by atoms with Crippen molar-refractivity contribution in [1.29, 1.82) is 0 Å². The monoisotopic (exact) mass is 345 g/mol. The van der Waals surface area contributed by atoms with Crippen molar-refractivity contribution in [2.75, 3.05) is 19.5 Å². The first kappa shape index (κ1) is 16.1. The van der Waals surface area contributed by atoms with Gasteiger partial charge in [-0.15, -0.1) is 0 Å². The molecule has 4 rings (SSSR count). The number of nitrogens with one attached hydrogen (secondary N) is 1. The molecule has 0 aliphatic heterocycles. The average Bonchev–Trinajstić information content (AvgIpc) is 2.72. The van der Waals surface area contributed by atoms with Crippen molar-refractivity contribution < 1.29 is 9.47 Å². The second-order valence-electron chi connectivity index (χ2n) is 5.93. The van der Waals surface area contributed by atoms with Crippen LogP contribution in [0.25, 0.3) is 21.8 Å². The molecule has 0 bridgehead atoms. The molecule has 2 heterocycles. The van der Waals surface area contributed by atoms with E-state index in [1.54, 1.807) is 26.6 Å². The number of anilines is 1. The summed E-state index contributed by atoms with van der Waals surface area (Å²) in [4.78, 5) is 9.03. The number of nitrogens with zero attached hydrogens (tertiary/aromatic N) is 2. The second-order valence-corrected chi connectivity index (χ2v) is 5.93. The number of ether oxygens (including phenoxy) is 2. The van der Waals surface area contributed by atoms with Crippen molar-refractivity contribution in [2.24, 2.45) is 0 Å². The van der Waals surface area contributed by atoms with E-state index in [9.17, 15) is 0 Å². The summed E-state index contributed by atoms with van der Waals surface area (Å²) < 4.78 is 10.8. The van der Waals surface area contributed by atoms with Gasteiger partial charge in [0.05, 0.1) is 25.3 Å². The number of pyridine rings is 2. The van der Waals surface area contributed by atoms with Crippen molar-refractivity contribution in [1.82, 2.24) is 9.97 Å². The van der Waals surface area contributed by atoms with Crippen LogP contribution < -0.4 is 14.8 Å². The van der Waals surface area contributed by atoms with Crippen LogP contribution in [0.4, 0.5) is 5.69 Å². The van der Waals surface area contributed by atoms with Crippen LogP contribution in [-0.4, -0.2) is 24.2 Å². The van der Waals surface area contributed by atoms with Crippen molar-refractivity contribution in [3.05, 3.63) is 66.5 Å². The van der Waals surface area contributed by atoms with Gasteiger partial charge in [0.2, 0.25) is 0 Å². The molecule has 5 nitrogen and oxygen atoms in total. The summed E-state index contributed by atoms with van der Waals surface area (Å²) in [5.41, 5.74) is 3.88. The van der Waals surface area contributed by atoms with E-state index in [2.05, 4.69) is 33.5 Å². The minimum atomic E-state index is 0.628. The van der Waals surface area contributed by atoms with E-state index in [1.165, 1.54) is 0 Å². The van der Waals surface area contributed by atoms with Crippen LogP contribution >= 0.6 is 0 Å². The van der Waals surface area contributed by atoms with Gasteiger partial charge in [-0.3, -0.25) is 9.97 Å². The molecule has 26 heavy (non-hydrogen) atoms. The molecular formula is C21H19N3O2.